The van der Waals surface area contributed by atoms with E-state index >= 15 is 0 Å². The van der Waals surface area contributed by atoms with Crippen molar-refractivity contribution in [3.8, 4) is 10.6 Å². The second-order valence-corrected chi connectivity index (χ2v) is 5.97. The number of amides is 1. The molecule has 0 aliphatic heterocycles. The van der Waals surface area contributed by atoms with Crippen molar-refractivity contribution in [1.82, 2.24) is 9.88 Å². The molecule has 2 heterocycles. The minimum atomic E-state index is -0.297. The largest absolute Gasteiger partial charge is 0.466 e. The molecule has 0 saturated heterocycles. The van der Waals surface area contributed by atoms with Crippen molar-refractivity contribution >= 4 is 34.6 Å². The average molecular weight is 324 g/mol. The Labute approximate surface area is 131 Å². The lowest BCUT2D eigenvalue weighted by atomic mass is 10.3. The van der Waals surface area contributed by atoms with Crippen LogP contribution in [0.1, 0.15) is 23.8 Å². The molecule has 2 aromatic rings. The standard InChI is InChI=1S/C14H16N2O3S2/c1-3-19-12(17)4-6-16(2)14(18)11-9-21-13(15-11)10-5-7-20-8-10/h5,7-9H,3-4,6H2,1-2H3. The fourth-order valence-electron chi connectivity index (χ4n) is 1.68. The van der Waals surface area contributed by atoms with E-state index < -0.39 is 0 Å². The molecule has 0 aromatic carbocycles. The van der Waals surface area contributed by atoms with E-state index in [2.05, 4.69) is 4.98 Å². The molecule has 2 aromatic heterocycles. The first kappa shape index (κ1) is 15.7. The van der Waals surface area contributed by atoms with Gasteiger partial charge in [0.2, 0.25) is 0 Å². The normalized spacial score (nSPS) is 10.4. The van der Waals surface area contributed by atoms with Gasteiger partial charge in [-0.25, -0.2) is 4.98 Å². The second kappa shape index (κ2) is 7.33. The first-order valence-electron chi connectivity index (χ1n) is 6.51. The van der Waals surface area contributed by atoms with Gasteiger partial charge in [-0.15, -0.1) is 11.3 Å². The highest BCUT2D eigenvalue weighted by Crippen LogP contribution is 2.26. The van der Waals surface area contributed by atoms with Crippen LogP contribution in [-0.2, 0) is 9.53 Å². The fraction of sp³-hybridized carbons (Fsp3) is 0.357. The van der Waals surface area contributed by atoms with E-state index in [1.807, 2.05) is 16.8 Å². The zero-order chi connectivity index (χ0) is 15.2. The minimum Gasteiger partial charge on any atom is -0.466 e. The Kier molecular flexibility index (Phi) is 5.46. The Hall–Kier alpha value is -1.73. The molecule has 0 bridgehead atoms. The lowest BCUT2D eigenvalue weighted by molar-refractivity contribution is -0.143. The van der Waals surface area contributed by atoms with Gasteiger partial charge in [0.1, 0.15) is 10.7 Å². The van der Waals surface area contributed by atoms with Crippen molar-refractivity contribution in [2.75, 3.05) is 20.2 Å². The highest BCUT2D eigenvalue weighted by atomic mass is 32.1. The van der Waals surface area contributed by atoms with Crippen LogP contribution in [0.25, 0.3) is 10.6 Å². The topological polar surface area (TPSA) is 59.5 Å². The van der Waals surface area contributed by atoms with Crippen LogP contribution in [0.5, 0.6) is 0 Å². The summed E-state index contributed by atoms with van der Waals surface area (Å²) in [6, 6.07) is 1.97. The van der Waals surface area contributed by atoms with Crippen molar-refractivity contribution < 1.29 is 14.3 Å². The smallest absolute Gasteiger partial charge is 0.307 e. The molecule has 0 fully saturated rings. The molecule has 112 valence electrons. The molecular weight excluding hydrogens is 308 g/mol. The van der Waals surface area contributed by atoms with Crippen molar-refractivity contribution in [1.29, 1.82) is 0 Å². The number of rotatable bonds is 6. The van der Waals surface area contributed by atoms with E-state index in [1.165, 1.54) is 16.2 Å². The van der Waals surface area contributed by atoms with Crippen LogP contribution in [0.15, 0.2) is 22.2 Å². The van der Waals surface area contributed by atoms with E-state index in [4.69, 9.17) is 4.74 Å². The zero-order valence-electron chi connectivity index (χ0n) is 11.9. The molecule has 0 spiro atoms. The van der Waals surface area contributed by atoms with E-state index in [-0.39, 0.29) is 18.3 Å². The molecule has 0 atom stereocenters. The fourth-order valence-corrected chi connectivity index (χ4v) is 3.19. The van der Waals surface area contributed by atoms with Crippen LogP contribution >= 0.6 is 22.7 Å². The summed E-state index contributed by atoms with van der Waals surface area (Å²) in [6.45, 7) is 2.43. The Morgan fingerprint density at radius 1 is 1.38 bits per heavy atom. The van der Waals surface area contributed by atoms with Crippen LogP contribution in [-0.4, -0.2) is 42.0 Å². The Morgan fingerprint density at radius 2 is 2.19 bits per heavy atom. The lowest BCUT2D eigenvalue weighted by Crippen LogP contribution is -2.29. The van der Waals surface area contributed by atoms with Crippen molar-refractivity contribution in [2.24, 2.45) is 0 Å². The number of thiazole rings is 1. The van der Waals surface area contributed by atoms with Gasteiger partial charge in [-0.3, -0.25) is 9.59 Å². The number of carbonyl (C=O) groups is 2. The summed E-state index contributed by atoms with van der Waals surface area (Å²) in [5.41, 5.74) is 1.44. The van der Waals surface area contributed by atoms with Gasteiger partial charge in [0.25, 0.3) is 5.91 Å². The predicted molar refractivity (Wildman–Crippen MR) is 83.6 cm³/mol. The van der Waals surface area contributed by atoms with Gasteiger partial charge in [-0.05, 0) is 18.4 Å². The Bertz CT molecular complexity index is 608. The summed E-state index contributed by atoms with van der Waals surface area (Å²) in [6.07, 6.45) is 0.192. The van der Waals surface area contributed by atoms with Gasteiger partial charge >= 0.3 is 5.97 Å². The molecule has 1 amide bonds. The van der Waals surface area contributed by atoms with Crippen molar-refractivity contribution in [3.63, 3.8) is 0 Å². The molecule has 0 aliphatic carbocycles. The SMILES string of the molecule is CCOC(=O)CCN(C)C(=O)c1csc(-c2ccsc2)n1. The van der Waals surface area contributed by atoms with Crippen LogP contribution in [0, 0.1) is 0 Å². The summed E-state index contributed by atoms with van der Waals surface area (Å²) < 4.78 is 4.84. The second-order valence-electron chi connectivity index (χ2n) is 4.33. The van der Waals surface area contributed by atoms with Crippen LogP contribution < -0.4 is 0 Å². The number of hydrogen-bond donors (Lipinski definition) is 0. The summed E-state index contributed by atoms with van der Waals surface area (Å²) in [4.78, 5) is 29.4. The molecule has 0 N–H and O–H groups in total. The first-order chi connectivity index (χ1) is 10.1. The zero-order valence-corrected chi connectivity index (χ0v) is 13.5. The van der Waals surface area contributed by atoms with Crippen LogP contribution in [0.3, 0.4) is 0 Å². The lowest BCUT2D eigenvalue weighted by Gasteiger charge is -2.15. The number of nitrogens with zero attached hydrogens (tertiary/aromatic N) is 2. The maximum Gasteiger partial charge on any atom is 0.307 e. The average Bonchev–Trinajstić information content (AvgIpc) is 3.14. The molecule has 21 heavy (non-hydrogen) atoms. The summed E-state index contributed by atoms with van der Waals surface area (Å²) in [5, 5.41) is 6.55. The van der Waals surface area contributed by atoms with Gasteiger partial charge in [0.15, 0.2) is 0 Å². The Balaban J connectivity index is 1.95. The van der Waals surface area contributed by atoms with E-state index in [9.17, 15) is 9.59 Å². The minimum absolute atomic E-state index is 0.183. The molecule has 2 rings (SSSR count). The number of thiophene rings is 1. The maximum absolute atomic E-state index is 12.2. The molecule has 0 unspecified atom stereocenters. The van der Waals surface area contributed by atoms with Crippen LogP contribution in [0.4, 0.5) is 0 Å². The first-order valence-corrected chi connectivity index (χ1v) is 8.33. The molecule has 0 radical (unpaired) electrons. The predicted octanol–water partition coefficient (Wildman–Crippen LogP) is 2.90. The number of aromatic nitrogens is 1. The van der Waals surface area contributed by atoms with Crippen molar-refractivity contribution in [3.05, 3.63) is 27.9 Å². The van der Waals surface area contributed by atoms with E-state index in [0.29, 0.717) is 18.8 Å². The summed E-state index contributed by atoms with van der Waals surface area (Å²) in [5.74, 6) is -0.480. The quantitative estimate of drug-likeness (QED) is 0.767. The van der Waals surface area contributed by atoms with Crippen LogP contribution in [0.2, 0.25) is 0 Å². The number of esters is 1. The van der Waals surface area contributed by atoms with Gasteiger partial charge in [-0.2, -0.15) is 11.3 Å². The number of carbonyl (C=O) groups excluding carboxylic acids is 2. The molecule has 0 saturated carbocycles. The van der Waals surface area contributed by atoms with Gasteiger partial charge in [0.05, 0.1) is 13.0 Å². The third-order valence-electron chi connectivity index (χ3n) is 2.79. The maximum atomic E-state index is 12.2. The monoisotopic (exact) mass is 324 g/mol. The number of ether oxygens (including phenoxy) is 1. The highest BCUT2D eigenvalue weighted by molar-refractivity contribution is 7.14. The third kappa shape index (κ3) is 4.12. The Morgan fingerprint density at radius 3 is 2.86 bits per heavy atom. The van der Waals surface area contributed by atoms with Gasteiger partial charge in [-0.1, -0.05) is 0 Å². The molecule has 5 nitrogen and oxygen atoms in total. The molecular formula is C14H16N2O3S2. The highest BCUT2D eigenvalue weighted by Gasteiger charge is 2.17. The summed E-state index contributed by atoms with van der Waals surface area (Å²) in [7, 11) is 1.66. The van der Waals surface area contributed by atoms with Gasteiger partial charge in [0, 0.05) is 29.9 Å². The number of hydrogen-bond acceptors (Lipinski definition) is 6. The summed E-state index contributed by atoms with van der Waals surface area (Å²) >= 11 is 3.04. The van der Waals surface area contributed by atoms with E-state index in [0.717, 1.165) is 10.6 Å². The molecule has 7 heteroatoms. The third-order valence-corrected chi connectivity index (χ3v) is 4.37. The molecule has 0 aliphatic rings. The van der Waals surface area contributed by atoms with E-state index in [1.54, 1.807) is 30.7 Å². The van der Waals surface area contributed by atoms with Crippen molar-refractivity contribution in [2.45, 2.75) is 13.3 Å². The van der Waals surface area contributed by atoms with Gasteiger partial charge < -0.3 is 9.64 Å².